The lowest BCUT2D eigenvalue weighted by atomic mass is 10.1. The van der Waals surface area contributed by atoms with E-state index in [9.17, 15) is 4.79 Å². The second kappa shape index (κ2) is 7.38. The smallest absolute Gasteiger partial charge is 0.335 e. The molecule has 0 aliphatic rings. The number of para-hydroxylation sites is 1. The molecule has 0 fully saturated rings. The monoisotopic (exact) mass is 319 g/mol. The second-order valence-electron chi connectivity index (χ2n) is 4.89. The number of carbonyl (C=O) groups is 1. The summed E-state index contributed by atoms with van der Waals surface area (Å²) in [7, 11) is 0. The van der Waals surface area contributed by atoms with E-state index < -0.39 is 12.1 Å². The van der Waals surface area contributed by atoms with E-state index in [1.54, 1.807) is 13.0 Å². The van der Waals surface area contributed by atoms with Crippen LogP contribution in [0, 0.1) is 6.92 Å². The van der Waals surface area contributed by atoms with E-state index >= 15 is 0 Å². The van der Waals surface area contributed by atoms with Gasteiger partial charge in [-0.25, -0.2) is 9.78 Å². The summed E-state index contributed by atoms with van der Waals surface area (Å²) in [5.74, 6) is -0.453. The first-order valence-corrected chi connectivity index (χ1v) is 7.35. The van der Waals surface area contributed by atoms with E-state index in [2.05, 4.69) is 11.6 Å². The van der Waals surface area contributed by atoms with Crippen molar-refractivity contribution in [3.8, 4) is 0 Å². The Morgan fingerprint density at radius 2 is 2.18 bits per heavy atom. The molecule has 2 aromatic rings. The van der Waals surface area contributed by atoms with Crippen LogP contribution < -0.4 is 0 Å². The number of aryl methyl sites for hydroxylation is 1. The number of esters is 1. The molecule has 0 saturated heterocycles. The fraction of sp³-hybridized carbons (Fsp3) is 0.294. The van der Waals surface area contributed by atoms with Gasteiger partial charge in [0.2, 0.25) is 0 Å². The quantitative estimate of drug-likeness (QED) is 0.599. The Bertz CT molecular complexity index is 700. The first-order chi connectivity index (χ1) is 10.5. The van der Waals surface area contributed by atoms with Crippen molar-refractivity contribution < 1.29 is 14.3 Å². The van der Waals surface area contributed by atoms with Crippen molar-refractivity contribution in [3.63, 3.8) is 0 Å². The number of aromatic nitrogens is 1. The zero-order chi connectivity index (χ0) is 16.1. The van der Waals surface area contributed by atoms with E-state index in [0.717, 1.165) is 16.5 Å². The van der Waals surface area contributed by atoms with Crippen LogP contribution in [-0.4, -0.2) is 23.7 Å². The number of rotatable bonds is 6. The van der Waals surface area contributed by atoms with Crippen LogP contribution in [0.5, 0.6) is 0 Å². The molecule has 0 aliphatic heterocycles. The summed E-state index contributed by atoms with van der Waals surface area (Å²) in [6.45, 7) is 7.40. The standard InChI is InChI=1S/C17H18ClNO3/c1-4-9-21-12(3)17(20)22-10-15-16(18)11(2)13-7-5-6-8-14(13)19-15/h4-8,12H,1,9-10H2,2-3H3. The van der Waals surface area contributed by atoms with Crippen LogP contribution in [-0.2, 0) is 20.9 Å². The van der Waals surface area contributed by atoms with Crippen LogP contribution in [0.3, 0.4) is 0 Å². The molecule has 1 aromatic carbocycles. The van der Waals surface area contributed by atoms with Gasteiger partial charge in [-0.1, -0.05) is 35.9 Å². The normalized spacial score (nSPS) is 12.1. The first kappa shape index (κ1) is 16.5. The molecule has 0 amide bonds. The minimum absolute atomic E-state index is 0.0190. The van der Waals surface area contributed by atoms with Gasteiger partial charge in [-0.05, 0) is 25.5 Å². The van der Waals surface area contributed by atoms with E-state index in [0.29, 0.717) is 17.3 Å². The molecule has 2 rings (SSSR count). The molecule has 5 heteroatoms. The highest BCUT2D eigenvalue weighted by Gasteiger charge is 2.17. The molecule has 1 unspecified atom stereocenters. The average Bonchev–Trinajstić information content (AvgIpc) is 2.54. The Morgan fingerprint density at radius 3 is 2.91 bits per heavy atom. The number of hydrogen-bond donors (Lipinski definition) is 0. The Balaban J connectivity index is 2.13. The van der Waals surface area contributed by atoms with Gasteiger partial charge in [0.05, 0.1) is 22.8 Å². The molecule has 0 saturated carbocycles. The number of benzene rings is 1. The SMILES string of the molecule is C=CCOC(C)C(=O)OCc1nc2ccccc2c(C)c1Cl. The van der Waals surface area contributed by atoms with Crippen molar-refractivity contribution in [2.45, 2.75) is 26.6 Å². The molecular weight excluding hydrogens is 302 g/mol. The highest BCUT2D eigenvalue weighted by atomic mass is 35.5. The van der Waals surface area contributed by atoms with Gasteiger partial charge in [-0.15, -0.1) is 6.58 Å². The number of ether oxygens (including phenoxy) is 2. The molecule has 0 bridgehead atoms. The maximum Gasteiger partial charge on any atom is 0.335 e. The van der Waals surface area contributed by atoms with Crippen molar-refractivity contribution in [1.29, 1.82) is 0 Å². The van der Waals surface area contributed by atoms with Gasteiger partial charge in [0.25, 0.3) is 0 Å². The second-order valence-corrected chi connectivity index (χ2v) is 5.26. The van der Waals surface area contributed by atoms with Gasteiger partial charge >= 0.3 is 5.97 Å². The summed E-state index contributed by atoms with van der Waals surface area (Å²) in [5.41, 5.74) is 2.29. The first-order valence-electron chi connectivity index (χ1n) is 6.97. The minimum atomic E-state index is -0.654. The molecule has 0 N–H and O–H groups in total. The summed E-state index contributed by atoms with van der Waals surface area (Å²) < 4.78 is 10.4. The Hall–Kier alpha value is -1.91. The van der Waals surface area contributed by atoms with E-state index in [4.69, 9.17) is 21.1 Å². The molecule has 4 nitrogen and oxygen atoms in total. The molecule has 0 radical (unpaired) electrons. The van der Waals surface area contributed by atoms with Crippen molar-refractivity contribution in [2.24, 2.45) is 0 Å². The molecule has 22 heavy (non-hydrogen) atoms. The fourth-order valence-electron chi connectivity index (χ4n) is 2.05. The summed E-state index contributed by atoms with van der Waals surface area (Å²) in [5, 5.41) is 1.51. The van der Waals surface area contributed by atoms with Gasteiger partial charge < -0.3 is 9.47 Å². The number of halogens is 1. The molecule has 1 heterocycles. The van der Waals surface area contributed by atoms with Crippen molar-refractivity contribution in [3.05, 3.63) is 53.2 Å². The van der Waals surface area contributed by atoms with E-state index in [-0.39, 0.29) is 6.61 Å². The van der Waals surface area contributed by atoms with Gasteiger partial charge in [0, 0.05) is 5.39 Å². The molecule has 0 spiro atoms. The number of pyridine rings is 1. The minimum Gasteiger partial charge on any atom is -0.457 e. The van der Waals surface area contributed by atoms with Gasteiger partial charge in [-0.2, -0.15) is 0 Å². The van der Waals surface area contributed by atoms with Crippen LogP contribution >= 0.6 is 11.6 Å². The Morgan fingerprint density at radius 1 is 1.45 bits per heavy atom. The number of hydrogen-bond acceptors (Lipinski definition) is 4. The molecule has 0 aliphatic carbocycles. The third-order valence-electron chi connectivity index (χ3n) is 3.29. The summed E-state index contributed by atoms with van der Waals surface area (Å²) in [6, 6.07) is 7.71. The summed E-state index contributed by atoms with van der Waals surface area (Å²) >= 11 is 6.32. The van der Waals surface area contributed by atoms with Gasteiger partial charge in [-0.3, -0.25) is 0 Å². The number of nitrogens with zero attached hydrogens (tertiary/aromatic N) is 1. The largest absolute Gasteiger partial charge is 0.457 e. The average molecular weight is 320 g/mol. The van der Waals surface area contributed by atoms with E-state index in [1.165, 1.54) is 0 Å². The molecule has 1 atom stereocenters. The summed E-state index contributed by atoms with van der Waals surface area (Å²) in [4.78, 5) is 16.3. The fourth-order valence-corrected chi connectivity index (χ4v) is 2.25. The predicted molar refractivity (Wildman–Crippen MR) is 86.9 cm³/mol. The maximum atomic E-state index is 11.8. The predicted octanol–water partition coefficient (Wildman–Crippen LogP) is 3.83. The lowest BCUT2D eigenvalue weighted by Crippen LogP contribution is -2.23. The van der Waals surface area contributed by atoms with Crippen LogP contribution in [0.1, 0.15) is 18.2 Å². The zero-order valence-corrected chi connectivity index (χ0v) is 13.4. The van der Waals surface area contributed by atoms with Crippen LogP contribution in [0.4, 0.5) is 0 Å². The number of carbonyl (C=O) groups excluding carboxylic acids is 1. The highest BCUT2D eigenvalue weighted by molar-refractivity contribution is 6.32. The highest BCUT2D eigenvalue weighted by Crippen LogP contribution is 2.27. The van der Waals surface area contributed by atoms with Crippen molar-refractivity contribution >= 4 is 28.5 Å². The summed E-state index contributed by atoms with van der Waals surface area (Å²) in [6.07, 6.45) is 0.924. The molecule has 116 valence electrons. The third kappa shape index (κ3) is 3.64. The topological polar surface area (TPSA) is 48.4 Å². The Kier molecular flexibility index (Phi) is 5.52. The van der Waals surface area contributed by atoms with Crippen molar-refractivity contribution in [1.82, 2.24) is 4.98 Å². The van der Waals surface area contributed by atoms with Crippen LogP contribution in [0.25, 0.3) is 10.9 Å². The lowest BCUT2D eigenvalue weighted by molar-refractivity contribution is -0.156. The third-order valence-corrected chi connectivity index (χ3v) is 3.79. The van der Waals surface area contributed by atoms with E-state index in [1.807, 2.05) is 31.2 Å². The zero-order valence-electron chi connectivity index (χ0n) is 12.6. The van der Waals surface area contributed by atoms with Crippen molar-refractivity contribution in [2.75, 3.05) is 6.61 Å². The Labute approximate surface area is 134 Å². The number of fused-ring (bicyclic) bond motifs is 1. The molecular formula is C17H18ClNO3. The maximum absolute atomic E-state index is 11.8. The lowest BCUT2D eigenvalue weighted by Gasteiger charge is -2.13. The van der Waals surface area contributed by atoms with Gasteiger partial charge in [0.15, 0.2) is 6.10 Å². The van der Waals surface area contributed by atoms with Crippen LogP contribution in [0.15, 0.2) is 36.9 Å². The molecule has 1 aromatic heterocycles. The van der Waals surface area contributed by atoms with Crippen LogP contribution in [0.2, 0.25) is 5.02 Å². The van der Waals surface area contributed by atoms with Gasteiger partial charge in [0.1, 0.15) is 6.61 Å².